The summed E-state index contributed by atoms with van der Waals surface area (Å²) in [5.74, 6) is 3.53. The van der Waals surface area contributed by atoms with Crippen LogP contribution < -0.4 is 9.47 Å². The molecule has 0 spiro atoms. The van der Waals surface area contributed by atoms with Gasteiger partial charge in [0.15, 0.2) is 0 Å². The molecule has 0 radical (unpaired) electrons. The van der Waals surface area contributed by atoms with Crippen LogP contribution in [0.2, 0.25) is 0 Å². The lowest BCUT2D eigenvalue weighted by molar-refractivity contribution is 0.0235. The number of hydrogen-bond donors (Lipinski definition) is 1. The normalized spacial score (nSPS) is 12.6. The Morgan fingerprint density at radius 3 is 2.05 bits per heavy atom. The van der Waals surface area contributed by atoms with Crippen molar-refractivity contribution in [3.63, 3.8) is 0 Å². The van der Waals surface area contributed by atoms with Crippen molar-refractivity contribution < 1.29 is 9.47 Å². The summed E-state index contributed by atoms with van der Waals surface area (Å²) in [6, 6.07) is 15.8. The first-order valence-corrected chi connectivity index (χ1v) is 15.0. The molecule has 0 aliphatic carbocycles. The van der Waals surface area contributed by atoms with E-state index >= 15 is 0 Å². The predicted molar refractivity (Wildman–Crippen MR) is 169 cm³/mol. The highest BCUT2D eigenvalue weighted by Crippen LogP contribution is 2.30. The second kappa shape index (κ2) is 21.5. The van der Waals surface area contributed by atoms with Crippen LogP contribution in [0.15, 0.2) is 54.7 Å². The number of nitrogens with one attached hydrogen (secondary N) is 1. The number of para-hydroxylation sites is 1. The Hall–Kier alpha value is -2.46. The van der Waals surface area contributed by atoms with E-state index in [2.05, 4.69) is 63.9 Å². The van der Waals surface area contributed by atoms with Crippen LogP contribution in [0.25, 0.3) is 10.9 Å². The monoisotopic (exact) mass is 526 g/mol. The largest absolute Gasteiger partial charge is 0.455 e. The van der Waals surface area contributed by atoms with E-state index in [0.717, 1.165) is 47.2 Å². The SMILES string of the molecule is CC.CC.CC(Oc1ccccc1)Oc1cccc2[nH]cc(CCN(C)C)c12.CCC[C@H](C)CC(C)CC. The number of aromatic nitrogens is 1. The molecular weight excluding hydrogens is 468 g/mol. The van der Waals surface area contributed by atoms with E-state index in [0.29, 0.717) is 0 Å². The van der Waals surface area contributed by atoms with Gasteiger partial charge < -0.3 is 19.4 Å². The number of rotatable bonds is 12. The minimum Gasteiger partial charge on any atom is -0.455 e. The summed E-state index contributed by atoms with van der Waals surface area (Å²) >= 11 is 0. The lowest BCUT2D eigenvalue weighted by atomic mass is 9.92. The zero-order valence-electron chi connectivity index (χ0n) is 26.4. The van der Waals surface area contributed by atoms with Crippen molar-refractivity contribution >= 4 is 10.9 Å². The molecule has 0 fully saturated rings. The third-order valence-electron chi connectivity index (χ3n) is 6.20. The Morgan fingerprint density at radius 2 is 1.47 bits per heavy atom. The molecule has 4 heteroatoms. The minimum atomic E-state index is -0.366. The molecular formula is C34H58N2O2. The molecule has 2 aromatic carbocycles. The third-order valence-corrected chi connectivity index (χ3v) is 6.20. The van der Waals surface area contributed by atoms with Crippen molar-refractivity contribution in [2.45, 2.75) is 101 Å². The van der Waals surface area contributed by atoms with Gasteiger partial charge in [0, 0.05) is 30.6 Å². The lowest BCUT2D eigenvalue weighted by Gasteiger charge is -2.18. The molecule has 0 aliphatic heterocycles. The third kappa shape index (κ3) is 13.9. The lowest BCUT2D eigenvalue weighted by Crippen LogP contribution is -2.20. The number of aromatic amines is 1. The maximum absolute atomic E-state index is 6.08. The maximum Gasteiger partial charge on any atom is 0.238 e. The average Bonchev–Trinajstić information content (AvgIpc) is 3.35. The van der Waals surface area contributed by atoms with Gasteiger partial charge in [-0.3, -0.25) is 0 Å². The number of nitrogens with zero attached hydrogens (tertiary/aromatic N) is 1. The molecule has 1 heterocycles. The molecule has 0 aliphatic rings. The van der Waals surface area contributed by atoms with E-state index in [1.165, 1.54) is 31.2 Å². The number of likely N-dealkylation sites (N-methyl/N-ethyl adjacent to an activating group) is 1. The van der Waals surface area contributed by atoms with Crippen LogP contribution in [-0.2, 0) is 6.42 Å². The van der Waals surface area contributed by atoms with E-state index in [4.69, 9.17) is 9.47 Å². The zero-order valence-corrected chi connectivity index (χ0v) is 26.4. The van der Waals surface area contributed by atoms with Gasteiger partial charge in [-0.2, -0.15) is 0 Å². The van der Waals surface area contributed by atoms with Gasteiger partial charge >= 0.3 is 0 Å². The molecule has 0 amide bonds. The summed E-state index contributed by atoms with van der Waals surface area (Å²) in [5, 5.41) is 1.14. The first-order valence-electron chi connectivity index (χ1n) is 15.0. The smallest absolute Gasteiger partial charge is 0.238 e. The molecule has 216 valence electrons. The van der Waals surface area contributed by atoms with Gasteiger partial charge in [0.05, 0.1) is 0 Å². The summed E-state index contributed by atoms with van der Waals surface area (Å²) in [5.41, 5.74) is 2.36. The summed E-state index contributed by atoms with van der Waals surface area (Å²) in [6.45, 7) is 20.2. The fraction of sp³-hybridized carbons (Fsp3) is 0.588. The van der Waals surface area contributed by atoms with Gasteiger partial charge in [0.1, 0.15) is 11.5 Å². The Bertz CT molecular complexity index is 936. The van der Waals surface area contributed by atoms with Crippen molar-refractivity contribution in [2.75, 3.05) is 20.6 Å². The topological polar surface area (TPSA) is 37.5 Å². The second-order valence-corrected chi connectivity index (χ2v) is 9.81. The number of H-pyrrole nitrogens is 1. The Labute approximate surface area is 235 Å². The molecule has 2 unspecified atom stereocenters. The molecule has 1 N–H and O–H groups in total. The Morgan fingerprint density at radius 1 is 0.816 bits per heavy atom. The number of hydrogen-bond acceptors (Lipinski definition) is 3. The van der Waals surface area contributed by atoms with Gasteiger partial charge in [-0.15, -0.1) is 0 Å². The van der Waals surface area contributed by atoms with Crippen LogP contribution in [0.1, 0.15) is 93.6 Å². The summed E-state index contributed by atoms with van der Waals surface area (Å²) in [4.78, 5) is 5.52. The van der Waals surface area contributed by atoms with E-state index in [1.807, 2.05) is 77.1 Å². The fourth-order valence-corrected chi connectivity index (χ4v) is 4.22. The minimum absolute atomic E-state index is 0.366. The highest BCUT2D eigenvalue weighted by Gasteiger charge is 2.13. The van der Waals surface area contributed by atoms with Crippen LogP contribution in [0.4, 0.5) is 0 Å². The van der Waals surface area contributed by atoms with Gasteiger partial charge in [-0.1, -0.05) is 98.9 Å². The van der Waals surface area contributed by atoms with Crippen LogP contribution in [0.3, 0.4) is 0 Å². The average molecular weight is 527 g/mol. The predicted octanol–water partition coefficient (Wildman–Crippen LogP) is 9.99. The number of ether oxygens (including phenoxy) is 2. The number of benzene rings is 2. The van der Waals surface area contributed by atoms with Crippen molar-refractivity contribution in [3.8, 4) is 11.5 Å². The van der Waals surface area contributed by atoms with E-state index < -0.39 is 0 Å². The second-order valence-electron chi connectivity index (χ2n) is 9.81. The van der Waals surface area contributed by atoms with Crippen molar-refractivity contribution in [2.24, 2.45) is 11.8 Å². The molecule has 4 nitrogen and oxygen atoms in total. The quantitative estimate of drug-likeness (QED) is 0.239. The van der Waals surface area contributed by atoms with Crippen LogP contribution in [0, 0.1) is 11.8 Å². The first kappa shape index (κ1) is 35.5. The Balaban J connectivity index is 0.000000827. The highest BCUT2D eigenvalue weighted by molar-refractivity contribution is 5.89. The molecule has 1 aromatic heterocycles. The van der Waals surface area contributed by atoms with Gasteiger partial charge in [-0.25, -0.2) is 0 Å². The van der Waals surface area contributed by atoms with Crippen molar-refractivity contribution in [1.29, 1.82) is 0 Å². The maximum atomic E-state index is 6.08. The van der Waals surface area contributed by atoms with Gasteiger partial charge in [-0.05, 0) is 68.6 Å². The first-order chi connectivity index (χ1) is 18.3. The van der Waals surface area contributed by atoms with E-state index in [9.17, 15) is 0 Å². The molecule has 0 saturated heterocycles. The molecule has 38 heavy (non-hydrogen) atoms. The van der Waals surface area contributed by atoms with Crippen molar-refractivity contribution in [1.82, 2.24) is 9.88 Å². The molecule has 3 rings (SSSR count). The van der Waals surface area contributed by atoms with Crippen LogP contribution in [-0.4, -0.2) is 36.8 Å². The summed E-state index contributed by atoms with van der Waals surface area (Å²) in [7, 11) is 4.17. The zero-order chi connectivity index (χ0) is 28.9. The standard InChI is InChI=1S/C20H24N2O2.C10H22.2C2H6/c1-15(23-17-8-5-4-6-9-17)24-19-11-7-10-18-20(19)16(14-21-18)12-13-22(2)3;1-5-7-10(4)8-9(3)6-2;2*1-2/h4-11,14-15,21H,12-13H2,1-3H3;9-10H,5-8H2,1-4H3;2*1-2H3/t;9?,10-;;/m.0../s1. The van der Waals surface area contributed by atoms with Crippen LogP contribution >= 0.6 is 0 Å². The fourth-order valence-electron chi connectivity index (χ4n) is 4.22. The van der Waals surface area contributed by atoms with E-state index in [1.54, 1.807) is 0 Å². The highest BCUT2D eigenvalue weighted by atomic mass is 16.7. The summed E-state index contributed by atoms with van der Waals surface area (Å²) in [6.07, 6.45) is 8.19. The molecule has 0 saturated carbocycles. The molecule has 0 bridgehead atoms. The van der Waals surface area contributed by atoms with Gasteiger partial charge in [0.2, 0.25) is 6.29 Å². The van der Waals surface area contributed by atoms with E-state index in [-0.39, 0.29) is 6.29 Å². The van der Waals surface area contributed by atoms with Gasteiger partial charge in [0.25, 0.3) is 0 Å². The number of fused-ring (bicyclic) bond motifs is 1. The molecule has 3 atom stereocenters. The molecule has 3 aromatic rings. The van der Waals surface area contributed by atoms with Crippen molar-refractivity contribution in [3.05, 3.63) is 60.3 Å². The Kier molecular flexibility index (Phi) is 20.1. The van der Waals surface area contributed by atoms with Crippen LogP contribution in [0.5, 0.6) is 11.5 Å². The summed E-state index contributed by atoms with van der Waals surface area (Å²) < 4.78 is 11.9.